The molecule has 8 heteroatoms. The molecular weight excluding hydrogens is 331 g/mol. The van der Waals surface area contributed by atoms with Crippen LogP contribution in [0.4, 0.5) is 4.39 Å². The van der Waals surface area contributed by atoms with E-state index < -0.39 is 29.6 Å². The van der Waals surface area contributed by atoms with E-state index in [9.17, 15) is 18.8 Å². The molecule has 2 aromatic rings. The molecule has 1 aromatic heterocycles. The number of rotatable bonds is 6. The van der Waals surface area contributed by atoms with Crippen LogP contribution in [0.25, 0.3) is 6.08 Å². The van der Waals surface area contributed by atoms with Gasteiger partial charge in [-0.3, -0.25) is 14.4 Å². The first-order chi connectivity index (χ1) is 11.9. The zero-order valence-corrected chi connectivity index (χ0v) is 13.2. The third-order valence-corrected chi connectivity index (χ3v) is 3.14. The molecule has 3 N–H and O–H groups in total. The molecule has 0 aliphatic rings. The summed E-state index contributed by atoms with van der Waals surface area (Å²) in [5.41, 5.74) is 0.232. The Morgan fingerprint density at radius 3 is 2.44 bits per heavy atom. The number of amides is 2. The van der Waals surface area contributed by atoms with E-state index in [4.69, 9.17) is 9.52 Å². The van der Waals surface area contributed by atoms with E-state index in [-0.39, 0.29) is 11.5 Å². The number of carbonyl (C=O) groups excluding carboxylic acids is 2. The summed E-state index contributed by atoms with van der Waals surface area (Å²) in [6.45, 7) is 1.28. The minimum Gasteiger partial charge on any atom is -0.480 e. The Hall–Kier alpha value is -3.42. The highest BCUT2D eigenvalue weighted by Gasteiger charge is 2.20. The second-order valence-electron chi connectivity index (χ2n) is 5.07. The summed E-state index contributed by atoms with van der Waals surface area (Å²) in [5, 5.41) is 13.5. The van der Waals surface area contributed by atoms with Gasteiger partial charge in [0.1, 0.15) is 17.6 Å². The average Bonchev–Trinajstić information content (AvgIpc) is 3.10. The Balaban J connectivity index is 2.26. The van der Waals surface area contributed by atoms with E-state index in [1.54, 1.807) is 0 Å². The number of benzene rings is 1. The van der Waals surface area contributed by atoms with Gasteiger partial charge >= 0.3 is 5.97 Å². The number of hydrogen-bond donors (Lipinski definition) is 3. The highest BCUT2D eigenvalue weighted by Crippen LogP contribution is 2.09. The van der Waals surface area contributed by atoms with Crippen molar-refractivity contribution in [1.82, 2.24) is 10.6 Å². The van der Waals surface area contributed by atoms with Crippen molar-refractivity contribution >= 4 is 23.9 Å². The van der Waals surface area contributed by atoms with Crippen molar-refractivity contribution in [3.05, 3.63) is 65.5 Å². The second kappa shape index (κ2) is 7.91. The molecule has 0 radical (unpaired) electrons. The van der Waals surface area contributed by atoms with Crippen molar-refractivity contribution in [3.63, 3.8) is 0 Å². The van der Waals surface area contributed by atoms with Crippen molar-refractivity contribution < 1.29 is 28.3 Å². The number of furan rings is 1. The van der Waals surface area contributed by atoms with Crippen molar-refractivity contribution in [3.8, 4) is 0 Å². The molecule has 2 rings (SSSR count). The third-order valence-electron chi connectivity index (χ3n) is 3.14. The maximum atomic E-state index is 13.0. The molecule has 0 bridgehead atoms. The predicted octanol–water partition coefficient (Wildman–Crippen LogP) is 1.78. The Morgan fingerprint density at radius 1 is 1.20 bits per heavy atom. The summed E-state index contributed by atoms with van der Waals surface area (Å²) in [7, 11) is 0. The normalized spacial score (nSPS) is 12.3. The van der Waals surface area contributed by atoms with Crippen molar-refractivity contribution in [2.75, 3.05) is 0 Å². The van der Waals surface area contributed by atoms with Crippen molar-refractivity contribution in [1.29, 1.82) is 0 Å². The number of halogens is 1. The van der Waals surface area contributed by atoms with Crippen LogP contribution in [0.1, 0.15) is 23.0 Å². The fourth-order valence-corrected chi connectivity index (χ4v) is 1.81. The maximum absolute atomic E-state index is 13.0. The van der Waals surface area contributed by atoms with Gasteiger partial charge in [0.25, 0.3) is 11.8 Å². The lowest BCUT2D eigenvalue weighted by atomic mass is 10.1. The van der Waals surface area contributed by atoms with Gasteiger partial charge in [0, 0.05) is 0 Å². The van der Waals surface area contributed by atoms with E-state index in [2.05, 4.69) is 10.6 Å². The first-order valence-corrected chi connectivity index (χ1v) is 7.22. The summed E-state index contributed by atoms with van der Waals surface area (Å²) in [4.78, 5) is 35.2. The zero-order valence-electron chi connectivity index (χ0n) is 13.2. The van der Waals surface area contributed by atoms with Gasteiger partial charge in [-0.25, -0.2) is 4.39 Å². The highest BCUT2D eigenvalue weighted by molar-refractivity contribution is 6.05. The van der Waals surface area contributed by atoms with E-state index in [0.29, 0.717) is 5.56 Å². The van der Waals surface area contributed by atoms with Crippen molar-refractivity contribution in [2.45, 2.75) is 13.0 Å². The van der Waals surface area contributed by atoms with Crippen LogP contribution in [0.5, 0.6) is 0 Å². The van der Waals surface area contributed by atoms with E-state index in [1.807, 2.05) is 0 Å². The van der Waals surface area contributed by atoms with Gasteiger partial charge in [-0.1, -0.05) is 12.1 Å². The number of carboxylic acids is 1. The monoisotopic (exact) mass is 346 g/mol. The first-order valence-electron chi connectivity index (χ1n) is 7.22. The largest absolute Gasteiger partial charge is 0.480 e. The van der Waals surface area contributed by atoms with Crippen LogP contribution in [0.2, 0.25) is 0 Å². The molecule has 0 fully saturated rings. The summed E-state index contributed by atoms with van der Waals surface area (Å²) >= 11 is 0. The van der Waals surface area contributed by atoms with E-state index in [1.165, 1.54) is 55.7 Å². The summed E-state index contributed by atoms with van der Waals surface area (Å²) in [6, 6.07) is 6.94. The molecule has 130 valence electrons. The Kier molecular flexibility index (Phi) is 5.67. The topological polar surface area (TPSA) is 109 Å². The Labute approximate surface area is 142 Å². The average molecular weight is 346 g/mol. The lowest BCUT2D eigenvalue weighted by Crippen LogP contribution is -2.42. The number of aliphatic carboxylic acids is 1. The number of carbonyl (C=O) groups is 3. The smallest absolute Gasteiger partial charge is 0.325 e. The summed E-state index contributed by atoms with van der Waals surface area (Å²) < 4.78 is 17.9. The number of carboxylic acid groups (broad SMARTS) is 1. The standard InChI is InChI=1S/C17H15FN2O5/c1-10(17(23)24)19-15(21)13(9-11-4-6-12(18)7-5-11)20-16(22)14-3-2-8-25-14/h2-10H,1H3,(H,19,21)(H,20,22)(H,23,24)/b13-9+. The van der Waals surface area contributed by atoms with Gasteiger partial charge in [-0.2, -0.15) is 0 Å². The first kappa shape index (κ1) is 17.9. The molecule has 0 spiro atoms. The third kappa shape index (κ3) is 5.03. The minimum atomic E-state index is -1.23. The van der Waals surface area contributed by atoms with Crippen molar-refractivity contribution in [2.24, 2.45) is 0 Å². The van der Waals surface area contributed by atoms with Gasteiger partial charge in [0.2, 0.25) is 0 Å². The quantitative estimate of drug-likeness (QED) is 0.691. The summed E-state index contributed by atoms with van der Waals surface area (Å²) in [5.74, 6) is -3.20. The molecule has 1 aromatic carbocycles. The second-order valence-corrected chi connectivity index (χ2v) is 5.07. The Morgan fingerprint density at radius 2 is 1.88 bits per heavy atom. The molecule has 0 saturated heterocycles. The van der Waals surface area contributed by atoms with Crippen LogP contribution in [-0.4, -0.2) is 28.9 Å². The molecule has 1 heterocycles. The fraction of sp³-hybridized carbons (Fsp3) is 0.118. The van der Waals surface area contributed by atoms with Gasteiger partial charge in [-0.05, 0) is 42.8 Å². The van der Waals surface area contributed by atoms with Crippen LogP contribution in [-0.2, 0) is 9.59 Å². The molecule has 1 atom stereocenters. The zero-order chi connectivity index (χ0) is 18.4. The minimum absolute atomic E-state index is 0.0240. The molecule has 1 unspecified atom stereocenters. The van der Waals surface area contributed by atoms with Crippen LogP contribution in [0.15, 0.2) is 52.8 Å². The lowest BCUT2D eigenvalue weighted by Gasteiger charge is -2.13. The molecule has 0 aliphatic carbocycles. The fourth-order valence-electron chi connectivity index (χ4n) is 1.81. The van der Waals surface area contributed by atoms with Gasteiger partial charge in [-0.15, -0.1) is 0 Å². The molecule has 2 amide bonds. The molecule has 25 heavy (non-hydrogen) atoms. The SMILES string of the molecule is CC(NC(=O)/C(=C\c1ccc(F)cc1)NC(=O)c1ccco1)C(=O)O. The Bertz CT molecular complexity index is 797. The molecule has 7 nitrogen and oxygen atoms in total. The van der Waals surface area contributed by atoms with E-state index >= 15 is 0 Å². The van der Waals surface area contributed by atoms with Crippen LogP contribution in [0, 0.1) is 5.82 Å². The van der Waals surface area contributed by atoms with Crippen LogP contribution in [0.3, 0.4) is 0 Å². The van der Waals surface area contributed by atoms with Crippen LogP contribution >= 0.6 is 0 Å². The maximum Gasteiger partial charge on any atom is 0.325 e. The highest BCUT2D eigenvalue weighted by atomic mass is 19.1. The van der Waals surface area contributed by atoms with E-state index in [0.717, 1.165) is 0 Å². The lowest BCUT2D eigenvalue weighted by molar-refractivity contribution is -0.140. The summed E-state index contributed by atoms with van der Waals surface area (Å²) in [6.07, 6.45) is 2.59. The number of nitrogens with one attached hydrogen (secondary N) is 2. The molecule has 0 saturated carbocycles. The predicted molar refractivity (Wildman–Crippen MR) is 85.8 cm³/mol. The van der Waals surface area contributed by atoms with Gasteiger partial charge in [0.05, 0.1) is 6.26 Å². The van der Waals surface area contributed by atoms with Gasteiger partial charge < -0.3 is 20.2 Å². The molecule has 0 aliphatic heterocycles. The number of hydrogen-bond acceptors (Lipinski definition) is 4. The molecular formula is C17H15FN2O5. The van der Waals surface area contributed by atoms with Gasteiger partial charge in [0.15, 0.2) is 5.76 Å². The van der Waals surface area contributed by atoms with Crippen LogP contribution < -0.4 is 10.6 Å².